The van der Waals surface area contributed by atoms with Crippen LogP contribution >= 0.6 is 0 Å². The highest BCUT2D eigenvalue weighted by Crippen LogP contribution is 2.25. The van der Waals surface area contributed by atoms with Crippen LogP contribution in [0.4, 0.5) is 5.69 Å². The summed E-state index contributed by atoms with van der Waals surface area (Å²) >= 11 is 0. The molecule has 3 rings (SSSR count). The van der Waals surface area contributed by atoms with Crippen LogP contribution in [0.15, 0.2) is 78.9 Å². The van der Waals surface area contributed by atoms with E-state index in [4.69, 9.17) is 14.2 Å². The molecule has 3 N–H and O–H groups in total. The minimum atomic E-state index is -0.685. The summed E-state index contributed by atoms with van der Waals surface area (Å²) in [5.41, 5.74) is 5.35. The van der Waals surface area contributed by atoms with Gasteiger partial charge in [-0.3, -0.25) is 30.0 Å². The van der Waals surface area contributed by atoms with Crippen molar-refractivity contribution in [3.63, 3.8) is 0 Å². The zero-order valence-electron chi connectivity index (χ0n) is 20.2. The van der Waals surface area contributed by atoms with Crippen molar-refractivity contribution in [2.75, 3.05) is 19.0 Å². The Kier molecular flexibility index (Phi) is 10.0. The van der Waals surface area contributed by atoms with E-state index in [-0.39, 0.29) is 25.2 Å². The maximum atomic E-state index is 12.2. The number of nitrogens with one attached hydrogen (secondary N) is 3. The van der Waals surface area contributed by atoms with Gasteiger partial charge in [-0.05, 0) is 67.1 Å². The third-order valence-electron chi connectivity index (χ3n) is 4.93. The normalized spacial score (nSPS) is 10.1. The largest absolute Gasteiger partial charge is 0.497 e. The van der Waals surface area contributed by atoms with Gasteiger partial charge in [0.05, 0.1) is 7.11 Å². The third-order valence-corrected chi connectivity index (χ3v) is 4.93. The third kappa shape index (κ3) is 9.36. The summed E-state index contributed by atoms with van der Waals surface area (Å²) in [6, 6.07) is 22.3. The molecule has 3 aromatic rings. The van der Waals surface area contributed by atoms with Gasteiger partial charge >= 0.3 is 5.97 Å². The van der Waals surface area contributed by atoms with Gasteiger partial charge in [0, 0.05) is 24.1 Å². The zero-order chi connectivity index (χ0) is 26.5. The van der Waals surface area contributed by atoms with Crippen molar-refractivity contribution in [2.45, 2.75) is 19.3 Å². The van der Waals surface area contributed by atoms with Crippen LogP contribution < -0.4 is 25.6 Å². The molecule has 192 valence electrons. The molecule has 0 aromatic heterocycles. The Hall–Kier alpha value is -4.86. The maximum Gasteiger partial charge on any atom is 0.306 e. The highest BCUT2D eigenvalue weighted by atomic mass is 16.5. The van der Waals surface area contributed by atoms with E-state index >= 15 is 0 Å². The Balaban J connectivity index is 1.29. The van der Waals surface area contributed by atoms with Gasteiger partial charge < -0.3 is 19.5 Å². The standard InChI is InChI=1S/C27H27N3O7/c1-35-21-14-16-23(17-15-21)37-22-12-10-20(11-13-22)28-24(31)8-5-9-26(33)36-18-25(32)29-30-27(34)19-6-3-2-4-7-19/h2-4,6-7,10-17H,5,8-9,18H2,1H3,(H,28,31)(H,29,32)(H,30,34). The highest BCUT2D eigenvalue weighted by molar-refractivity contribution is 5.95. The second-order valence-electron chi connectivity index (χ2n) is 7.73. The molecule has 0 radical (unpaired) electrons. The predicted molar refractivity (Wildman–Crippen MR) is 135 cm³/mol. The SMILES string of the molecule is COc1ccc(Oc2ccc(NC(=O)CCCC(=O)OCC(=O)NNC(=O)c3ccccc3)cc2)cc1. The number of carbonyl (C=O) groups excluding carboxylic acids is 4. The van der Waals surface area contributed by atoms with Crippen molar-refractivity contribution >= 4 is 29.4 Å². The average molecular weight is 506 g/mol. The van der Waals surface area contributed by atoms with Crippen LogP contribution in [0.1, 0.15) is 29.6 Å². The fourth-order valence-electron chi connectivity index (χ4n) is 3.05. The van der Waals surface area contributed by atoms with E-state index in [0.717, 1.165) is 5.75 Å². The van der Waals surface area contributed by atoms with Crippen molar-refractivity contribution < 1.29 is 33.4 Å². The quantitative estimate of drug-likeness (QED) is 0.268. The summed E-state index contributed by atoms with van der Waals surface area (Å²) in [4.78, 5) is 47.6. The molecule has 0 aliphatic rings. The van der Waals surface area contributed by atoms with E-state index in [0.29, 0.717) is 22.7 Å². The van der Waals surface area contributed by atoms with Gasteiger partial charge in [-0.1, -0.05) is 18.2 Å². The number of hydrazine groups is 1. The fraction of sp³-hybridized carbons (Fsp3) is 0.185. The van der Waals surface area contributed by atoms with Gasteiger partial charge in [0.15, 0.2) is 6.61 Å². The van der Waals surface area contributed by atoms with Crippen molar-refractivity contribution in [1.29, 1.82) is 0 Å². The second-order valence-corrected chi connectivity index (χ2v) is 7.73. The molecular weight excluding hydrogens is 478 g/mol. The Morgan fingerprint density at radius 1 is 0.703 bits per heavy atom. The lowest BCUT2D eigenvalue weighted by atomic mass is 10.2. The molecule has 0 unspecified atom stereocenters. The van der Waals surface area contributed by atoms with Crippen LogP contribution in [0.25, 0.3) is 0 Å². The number of benzene rings is 3. The summed E-state index contributed by atoms with van der Waals surface area (Å²) in [6.07, 6.45) is 0.305. The molecule has 3 aromatic carbocycles. The van der Waals surface area contributed by atoms with E-state index in [1.165, 1.54) is 0 Å². The lowest BCUT2D eigenvalue weighted by Crippen LogP contribution is -2.43. The van der Waals surface area contributed by atoms with Crippen molar-refractivity contribution in [3.8, 4) is 17.2 Å². The fourth-order valence-corrected chi connectivity index (χ4v) is 3.05. The summed E-state index contributed by atoms with van der Waals surface area (Å²) < 4.78 is 15.7. The number of hydrogen-bond donors (Lipinski definition) is 3. The number of ether oxygens (including phenoxy) is 3. The van der Waals surface area contributed by atoms with Gasteiger partial charge in [-0.2, -0.15) is 0 Å². The van der Waals surface area contributed by atoms with E-state index in [2.05, 4.69) is 16.2 Å². The summed E-state index contributed by atoms with van der Waals surface area (Å²) in [5.74, 6) is -0.0852. The Morgan fingerprint density at radius 2 is 1.32 bits per heavy atom. The molecule has 0 saturated heterocycles. The molecule has 3 amide bonds. The number of hydrogen-bond acceptors (Lipinski definition) is 7. The van der Waals surface area contributed by atoms with E-state index < -0.39 is 24.4 Å². The molecule has 0 spiro atoms. The first-order valence-corrected chi connectivity index (χ1v) is 11.4. The van der Waals surface area contributed by atoms with Gasteiger partial charge in [0.2, 0.25) is 5.91 Å². The molecule has 10 nitrogen and oxygen atoms in total. The van der Waals surface area contributed by atoms with Crippen LogP contribution in [-0.4, -0.2) is 37.4 Å². The molecule has 0 saturated carbocycles. The number of anilines is 1. The average Bonchev–Trinajstić information content (AvgIpc) is 2.92. The minimum absolute atomic E-state index is 0.0360. The van der Waals surface area contributed by atoms with Crippen LogP contribution in [0.5, 0.6) is 17.2 Å². The number of amides is 3. The molecule has 0 fully saturated rings. The molecule has 37 heavy (non-hydrogen) atoms. The summed E-state index contributed by atoms with van der Waals surface area (Å²) in [7, 11) is 1.59. The zero-order valence-corrected chi connectivity index (χ0v) is 20.2. The first-order chi connectivity index (χ1) is 17.9. The van der Waals surface area contributed by atoms with E-state index in [1.807, 2.05) is 0 Å². The Morgan fingerprint density at radius 3 is 1.97 bits per heavy atom. The van der Waals surface area contributed by atoms with Crippen LogP contribution in [-0.2, 0) is 19.1 Å². The maximum absolute atomic E-state index is 12.2. The van der Waals surface area contributed by atoms with Gasteiger partial charge in [-0.15, -0.1) is 0 Å². The molecule has 0 bridgehead atoms. The number of carbonyl (C=O) groups is 4. The lowest BCUT2D eigenvalue weighted by molar-refractivity contribution is -0.148. The van der Waals surface area contributed by atoms with Gasteiger partial charge in [-0.25, -0.2) is 0 Å². The van der Waals surface area contributed by atoms with Gasteiger partial charge in [0.1, 0.15) is 17.2 Å². The predicted octanol–water partition coefficient (Wildman–Crippen LogP) is 3.60. The monoisotopic (exact) mass is 505 g/mol. The summed E-state index contributed by atoms with van der Waals surface area (Å²) in [6.45, 7) is -0.551. The number of rotatable bonds is 11. The number of methoxy groups -OCH3 is 1. The highest BCUT2D eigenvalue weighted by Gasteiger charge is 2.11. The topological polar surface area (TPSA) is 132 Å². The Bertz CT molecular complexity index is 1200. The first kappa shape index (κ1) is 26.7. The smallest absolute Gasteiger partial charge is 0.306 e. The molecule has 0 aliphatic carbocycles. The first-order valence-electron chi connectivity index (χ1n) is 11.4. The van der Waals surface area contributed by atoms with E-state index in [1.54, 1.807) is 86.0 Å². The molecule has 0 atom stereocenters. The van der Waals surface area contributed by atoms with Crippen molar-refractivity contribution in [2.24, 2.45) is 0 Å². The summed E-state index contributed by atoms with van der Waals surface area (Å²) in [5, 5.41) is 2.75. The van der Waals surface area contributed by atoms with Crippen molar-refractivity contribution in [3.05, 3.63) is 84.4 Å². The van der Waals surface area contributed by atoms with Gasteiger partial charge in [0.25, 0.3) is 11.8 Å². The minimum Gasteiger partial charge on any atom is -0.497 e. The van der Waals surface area contributed by atoms with Crippen LogP contribution in [0.3, 0.4) is 0 Å². The molecular formula is C27H27N3O7. The lowest BCUT2D eigenvalue weighted by Gasteiger charge is -2.09. The van der Waals surface area contributed by atoms with E-state index in [9.17, 15) is 19.2 Å². The molecule has 10 heteroatoms. The Labute approximate surface area is 213 Å². The van der Waals surface area contributed by atoms with Crippen molar-refractivity contribution in [1.82, 2.24) is 10.9 Å². The molecule has 0 heterocycles. The number of esters is 1. The second kappa shape index (κ2) is 13.9. The van der Waals surface area contributed by atoms with Crippen LogP contribution in [0, 0.1) is 0 Å². The molecule has 0 aliphatic heterocycles. The van der Waals surface area contributed by atoms with Crippen LogP contribution in [0.2, 0.25) is 0 Å².